The number of carbonyl (C=O) groups is 2. The zero-order chi connectivity index (χ0) is 12.8. The van der Waals surface area contributed by atoms with Gasteiger partial charge in [-0.1, -0.05) is 0 Å². The van der Waals surface area contributed by atoms with Gasteiger partial charge in [0.2, 0.25) is 5.91 Å². The highest BCUT2D eigenvalue weighted by molar-refractivity contribution is 7.09. The van der Waals surface area contributed by atoms with E-state index < -0.39 is 5.97 Å². The SMILES string of the molecule is Cc1nc(C=CC(=O)N(C)CCC(=O)O)cs1. The Morgan fingerprint density at radius 2 is 2.29 bits per heavy atom. The van der Waals surface area contributed by atoms with Crippen LogP contribution in [0.1, 0.15) is 17.1 Å². The molecule has 1 N–H and O–H groups in total. The van der Waals surface area contributed by atoms with Crippen molar-refractivity contribution in [2.24, 2.45) is 0 Å². The van der Waals surface area contributed by atoms with E-state index in [1.807, 2.05) is 12.3 Å². The van der Waals surface area contributed by atoms with Gasteiger partial charge in [0.05, 0.1) is 17.1 Å². The molecule has 0 aromatic carbocycles. The van der Waals surface area contributed by atoms with Crippen LogP contribution in [0.3, 0.4) is 0 Å². The number of carboxylic acid groups (broad SMARTS) is 1. The number of aryl methyl sites for hydroxylation is 1. The van der Waals surface area contributed by atoms with Gasteiger partial charge in [0.25, 0.3) is 0 Å². The number of likely N-dealkylation sites (N-methyl/N-ethyl adjacent to an activating group) is 1. The second-order valence-electron chi connectivity index (χ2n) is 3.53. The fourth-order valence-electron chi connectivity index (χ4n) is 1.11. The molecule has 0 unspecified atom stereocenters. The molecule has 0 aliphatic rings. The first kappa shape index (κ1) is 13.4. The summed E-state index contributed by atoms with van der Waals surface area (Å²) in [6.07, 6.45) is 2.98. The van der Waals surface area contributed by atoms with Gasteiger partial charge in [0.1, 0.15) is 0 Å². The average molecular weight is 254 g/mol. The molecule has 6 heteroatoms. The molecule has 92 valence electrons. The van der Waals surface area contributed by atoms with Crippen molar-refractivity contribution in [1.82, 2.24) is 9.88 Å². The van der Waals surface area contributed by atoms with Crippen LogP contribution in [0.25, 0.3) is 6.08 Å². The Bertz CT molecular complexity index is 440. The number of carbonyl (C=O) groups excluding carboxylic acids is 1. The topological polar surface area (TPSA) is 70.5 Å². The number of hydrogen-bond donors (Lipinski definition) is 1. The number of rotatable bonds is 5. The maximum Gasteiger partial charge on any atom is 0.305 e. The molecule has 0 fully saturated rings. The molecule has 5 nitrogen and oxygen atoms in total. The van der Waals surface area contributed by atoms with Gasteiger partial charge in [-0.3, -0.25) is 9.59 Å². The van der Waals surface area contributed by atoms with Crippen molar-refractivity contribution < 1.29 is 14.7 Å². The van der Waals surface area contributed by atoms with Crippen molar-refractivity contribution in [2.75, 3.05) is 13.6 Å². The predicted octanol–water partition coefficient (Wildman–Crippen LogP) is 1.40. The van der Waals surface area contributed by atoms with Gasteiger partial charge in [-0.2, -0.15) is 0 Å². The lowest BCUT2D eigenvalue weighted by Gasteiger charge is -2.12. The molecule has 0 bridgehead atoms. The standard InChI is InChI=1S/C11H14N2O3S/c1-8-12-9(7-17-8)3-4-10(14)13(2)6-5-11(15)16/h3-4,7H,5-6H2,1-2H3,(H,15,16). The number of aromatic nitrogens is 1. The van der Waals surface area contributed by atoms with Crippen LogP contribution >= 0.6 is 11.3 Å². The van der Waals surface area contributed by atoms with Crippen LogP contribution in [-0.2, 0) is 9.59 Å². The highest BCUT2D eigenvalue weighted by Crippen LogP contribution is 2.09. The molecule has 1 heterocycles. The van der Waals surface area contributed by atoms with Crippen molar-refractivity contribution in [3.05, 3.63) is 22.2 Å². The summed E-state index contributed by atoms with van der Waals surface area (Å²) in [5, 5.41) is 11.3. The summed E-state index contributed by atoms with van der Waals surface area (Å²) >= 11 is 1.51. The van der Waals surface area contributed by atoms with E-state index in [9.17, 15) is 9.59 Å². The number of carboxylic acids is 1. The monoisotopic (exact) mass is 254 g/mol. The molecular formula is C11H14N2O3S. The van der Waals surface area contributed by atoms with Gasteiger partial charge in [-0.25, -0.2) is 4.98 Å². The Kier molecular flexibility index (Phi) is 4.84. The van der Waals surface area contributed by atoms with E-state index in [0.717, 1.165) is 10.7 Å². The Morgan fingerprint density at radius 3 is 2.82 bits per heavy atom. The van der Waals surface area contributed by atoms with E-state index in [1.165, 1.54) is 22.3 Å². The van der Waals surface area contributed by atoms with Crippen molar-refractivity contribution in [3.63, 3.8) is 0 Å². The van der Waals surface area contributed by atoms with Crippen LogP contribution < -0.4 is 0 Å². The van der Waals surface area contributed by atoms with Crippen LogP contribution in [0.5, 0.6) is 0 Å². The highest BCUT2D eigenvalue weighted by atomic mass is 32.1. The fraction of sp³-hybridized carbons (Fsp3) is 0.364. The Balaban J connectivity index is 2.48. The van der Waals surface area contributed by atoms with Crippen molar-refractivity contribution >= 4 is 29.3 Å². The average Bonchev–Trinajstić information content (AvgIpc) is 2.68. The van der Waals surface area contributed by atoms with Gasteiger partial charge >= 0.3 is 5.97 Å². The van der Waals surface area contributed by atoms with E-state index in [2.05, 4.69) is 4.98 Å². The molecular weight excluding hydrogens is 240 g/mol. The summed E-state index contributed by atoms with van der Waals surface area (Å²) in [6, 6.07) is 0. The molecule has 0 aliphatic carbocycles. The van der Waals surface area contributed by atoms with Crippen molar-refractivity contribution in [3.8, 4) is 0 Å². The first-order valence-corrected chi connectivity index (χ1v) is 5.94. The summed E-state index contributed by atoms with van der Waals surface area (Å²) in [5.41, 5.74) is 0.743. The van der Waals surface area contributed by atoms with E-state index in [4.69, 9.17) is 5.11 Å². The minimum Gasteiger partial charge on any atom is -0.481 e. The van der Waals surface area contributed by atoms with Crippen LogP contribution in [0.4, 0.5) is 0 Å². The highest BCUT2D eigenvalue weighted by Gasteiger charge is 2.06. The summed E-state index contributed by atoms with van der Waals surface area (Å²) in [4.78, 5) is 27.4. The van der Waals surface area contributed by atoms with Crippen LogP contribution in [0, 0.1) is 6.92 Å². The molecule has 0 saturated heterocycles. The minimum absolute atomic E-state index is 0.0497. The normalized spacial score (nSPS) is 10.7. The third-order valence-corrected chi connectivity index (χ3v) is 2.86. The van der Waals surface area contributed by atoms with E-state index in [1.54, 1.807) is 13.1 Å². The Labute approximate surface area is 103 Å². The third-order valence-electron chi connectivity index (χ3n) is 2.07. The quantitative estimate of drug-likeness (QED) is 0.806. The first-order chi connectivity index (χ1) is 7.99. The number of hydrogen-bond acceptors (Lipinski definition) is 4. The van der Waals surface area contributed by atoms with Gasteiger partial charge in [0, 0.05) is 25.0 Å². The lowest BCUT2D eigenvalue weighted by atomic mass is 10.3. The molecule has 1 rings (SSSR count). The summed E-state index contributed by atoms with van der Waals surface area (Å²) < 4.78 is 0. The van der Waals surface area contributed by atoms with Crippen LogP contribution in [0.15, 0.2) is 11.5 Å². The van der Waals surface area contributed by atoms with Crippen LogP contribution in [-0.4, -0.2) is 40.5 Å². The zero-order valence-corrected chi connectivity index (χ0v) is 10.5. The van der Waals surface area contributed by atoms with Gasteiger partial charge in [-0.05, 0) is 13.0 Å². The largest absolute Gasteiger partial charge is 0.481 e. The molecule has 0 saturated carbocycles. The second-order valence-corrected chi connectivity index (χ2v) is 4.59. The van der Waals surface area contributed by atoms with Gasteiger partial charge < -0.3 is 10.0 Å². The van der Waals surface area contributed by atoms with Crippen molar-refractivity contribution in [1.29, 1.82) is 0 Å². The third kappa shape index (κ3) is 4.78. The minimum atomic E-state index is -0.913. The summed E-state index contributed by atoms with van der Waals surface area (Å²) in [5.74, 6) is -1.14. The van der Waals surface area contributed by atoms with Crippen LogP contribution in [0.2, 0.25) is 0 Å². The molecule has 0 radical (unpaired) electrons. The lowest BCUT2D eigenvalue weighted by Crippen LogP contribution is -2.27. The second kappa shape index (κ2) is 6.15. The molecule has 1 amide bonds. The Morgan fingerprint density at radius 1 is 1.59 bits per heavy atom. The number of aliphatic carboxylic acids is 1. The number of amides is 1. The smallest absolute Gasteiger partial charge is 0.305 e. The first-order valence-electron chi connectivity index (χ1n) is 5.06. The van der Waals surface area contributed by atoms with Crippen molar-refractivity contribution in [2.45, 2.75) is 13.3 Å². The summed E-state index contributed by atoms with van der Waals surface area (Å²) in [7, 11) is 1.57. The Hall–Kier alpha value is -1.69. The summed E-state index contributed by atoms with van der Waals surface area (Å²) in [6.45, 7) is 2.09. The van der Waals surface area contributed by atoms with E-state index in [0.29, 0.717) is 0 Å². The maximum absolute atomic E-state index is 11.6. The maximum atomic E-state index is 11.6. The lowest BCUT2D eigenvalue weighted by molar-refractivity contribution is -0.137. The molecule has 17 heavy (non-hydrogen) atoms. The van der Waals surface area contributed by atoms with Gasteiger partial charge in [0.15, 0.2) is 0 Å². The molecule has 1 aromatic heterocycles. The van der Waals surface area contributed by atoms with Gasteiger partial charge in [-0.15, -0.1) is 11.3 Å². The fourth-order valence-corrected chi connectivity index (χ4v) is 1.69. The molecule has 0 atom stereocenters. The molecule has 1 aromatic rings. The predicted molar refractivity (Wildman–Crippen MR) is 65.8 cm³/mol. The number of thiazole rings is 1. The molecule has 0 spiro atoms. The zero-order valence-electron chi connectivity index (χ0n) is 9.71. The van der Waals surface area contributed by atoms with E-state index in [-0.39, 0.29) is 18.9 Å². The van der Waals surface area contributed by atoms with E-state index >= 15 is 0 Å². The number of nitrogens with zero attached hydrogens (tertiary/aromatic N) is 2. The molecule has 0 aliphatic heterocycles.